The molecule has 0 aromatic heterocycles. The molecule has 0 N–H and O–H groups in total. The lowest BCUT2D eigenvalue weighted by atomic mass is 9.98. The van der Waals surface area contributed by atoms with Gasteiger partial charge >= 0.3 is 0 Å². The third-order valence-electron chi connectivity index (χ3n) is 4.76. The van der Waals surface area contributed by atoms with E-state index in [9.17, 15) is 8.78 Å². The predicted molar refractivity (Wildman–Crippen MR) is 117 cm³/mol. The molecule has 0 aliphatic carbocycles. The van der Waals surface area contributed by atoms with Crippen LogP contribution in [0.1, 0.15) is 18.1 Å². The van der Waals surface area contributed by atoms with Gasteiger partial charge in [-0.25, -0.2) is 13.8 Å². The molecular formula is C22H17Cl2F2N3O. The van der Waals surface area contributed by atoms with Gasteiger partial charge in [0.2, 0.25) is 0 Å². The highest BCUT2D eigenvalue weighted by atomic mass is 35.5. The van der Waals surface area contributed by atoms with E-state index in [1.54, 1.807) is 24.6 Å². The maximum absolute atomic E-state index is 14.6. The molecule has 0 atom stereocenters. The molecule has 0 unspecified atom stereocenters. The van der Waals surface area contributed by atoms with Gasteiger partial charge in [0.15, 0.2) is 0 Å². The summed E-state index contributed by atoms with van der Waals surface area (Å²) in [5.74, 6) is -0.818. The van der Waals surface area contributed by atoms with Crippen LogP contribution < -0.4 is 4.90 Å². The van der Waals surface area contributed by atoms with Crippen molar-refractivity contribution in [3.05, 3.63) is 87.2 Å². The lowest BCUT2D eigenvalue weighted by Gasteiger charge is -2.29. The number of nitrogens with zero attached hydrogens (tertiary/aromatic N) is 3. The van der Waals surface area contributed by atoms with Crippen molar-refractivity contribution in [2.75, 3.05) is 24.6 Å². The number of rotatable bonds is 4. The number of fused-ring (bicyclic) bond motifs is 3. The minimum Gasteiger partial charge on any atom is -0.501 e. The Morgan fingerprint density at radius 1 is 1.13 bits per heavy atom. The Morgan fingerprint density at radius 2 is 1.90 bits per heavy atom. The Balaban J connectivity index is 1.87. The average Bonchev–Trinajstić information content (AvgIpc) is 2.88. The summed E-state index contributed by atoms with van der Waals surface area (Å²) in [5.41, 5.74) is 1.75. The van der Waals surface area contributed by atoms with Crippen LogP contribution in [0.25, 0.3) is 0 Å². The monoisotopic (exact) mass is 447 g/mol. The molecule has 8 heteroatoms. The molecule has 0 radical (unpaired) electrons. The minimum absolute atomic E-state index is 0.108. The van der Waals surface area contributed by atoms with Gasteiger partial charge in [-0.1, -0.05) is 29.3 Å². The molecular weight excluding hydrogens is 431 g/mol. The SMILES string of the molecule is CCO/C=C/C1=CN=C2CN=C(c3c(F)cccc3F)c3c(ccc(Cl)c3Cl)N2C1. The zero-order valence-corrected chi connectivity index (χ0v) is 17.5. The number of amidine groups is 1. The van der Waals surface area contributed by atoms with Crippen LogP contribution in [-0.4, -0.2) is 31.2 Å². The third kappa shape index (κ3) is 3.73. The molecule has 154 valence electrons. The van der Waals surface area contributed by atoms with Crippen LogP contribution in [0.15, 0.2) is 64.4 Å². The highest BCUT2D eigenvalue weighted by molar-refractivity contribution is 6.45. The molecule has 30 heavy (non-hydrogen) atoms. The van der Waals surface area contributed by atoms with Gasteiger partial charge in [0, 0.05) is 11.8 Å². The van der Waals surface area contributed by atoms with Crippen LogP contribution in [0.2, 0.25) is 10.0 Å². The molecule has 0 amide bonds. The first-order valence-corrected chi connectivity index (χ1v) is 10.1. The van der Waals surface area contributed by atoms with Crippen molar-refractivity contribution in [3.63, 3.8) is 0 Å². The zero-order chi connectivity index (χ0) is 21.3. The van der Waals surface area contributed by atoms with Crippen LogP contribution in [0, 0.1) is 11.6 Å². The molecule has 4 rings (SSSR count). The van der Waals surface area contributed by atoms with Crippen LogP contribution in [-0.2, 0) is 4.74 Å². The van der Waals surface area contributed by atoms with Crippen molar-refractivity contribution in [3.8, 4) is 0 Å². The summed E-state index contributed by atoms with van der Waals surface area (Å²) in [4.78, 5) is 10.9. The first kappa shape index (κ1) is 20.6. The number of hydrogen-bond acceptors (Lipinski definition) is 4. The Bertz CT molecular complexity index is 1110. The Morgan fingerprint density at radius 3 is 2.63 bits per heavy atom. The van der Waals surface area contributed by atoms with Gasteiger partial charge < -0.3 is 9.64 Å². The highest BCUT2D eigenvalue weighted by Crippen LogP contribution is 2.38. The molecule has 0 saturated heterocycles. The Hall–Kier alpha value is -2.70. The number of anilines is 1. The van der Waals surface area contributed by atoms with E-state index in [0.29, 0.717) is 30.2 Å². The minimum atomic E-state index is -0.726. The van der Waals surface area contributed by atoms with Gasteiger partial charge in [-0.3, -0.25) is 4.99 Å². The van der Waals surface area contributed by atoms with Crippen LogP contribution in [0.5, 0.6) is 0 Å². The van der Waals surface area contributed by atoms with Crippen LogP contribution in [0.3, 0.4) is 0 Å². The normalized spacial score (nSPS) is 15.8. The first-order valence-electron chi connectivity index (χ1n) is 9.29. The van der Waals surface area contributed by atoms with E-state index in [1.807, 2.05) is 17.9 Å². The smallest absolute Gasteiger partial charge is 0.135 e. The zero-order valence-electron chi connectivity index (χ0n) is 16.0. The van der Waals surface area contributed by atoms with Gasteiger partial charge in [-0.05, 0) is 42.8 Å². The standard InChI is InChI=1S/C22H17Cl2F2N3O/c1-2-30-9-8-13-10-27-18-11-28-22(19-15(25)4-3-5-16(19)26)20-17(29(18)12-13)7-6-14(23)21(20)24/h3-10H,2,11-12H2,1H3/b9-8+. The van der Waals surface area contributed by atoms with Gasteiger partial charge in [0.25, 0.3) is 0 Å². The van der Waals surface area contributed by atoms with E-state index in [1.165, 1.54) is 18.2 Å². The summed E-state index contributed by atoms with van der Waals surface area (Å²) in [6.07, 6.45) is 5.16. The molecule has 2 aliphatic rings. The first-order chi connectivity index (χ1) is 14.5. The number of ether oxygens (including phenoxy) is 1. The molecule has 2 aromatic carbocycles. The molecule has 4 nitrogen and oxygen atoms in total. The van der Waals surface area contributed by atoms with E-state index in [-0.39, 0.29) is 27.9 Å². The summed E-state index contributed by atoms with van der Waals surface area (Å²) >= 11 is 12.8. The van der Waals surface area contributed by atoms with Gasteiger partial charge in [-0.15, -0.1) is 0 Å². The molecule has 2 heterocycles. The second-order valence-corrected chi connectivity index (χ2v) is 7.40. The fourth-order valence-electron chi connectivity index (χ4n) is 3.37. The quantitative estimate of drug-likeness (QED) is 0.557. The Kier molecular flexibility index (Phi) is 5.88. The van der Waals surface area contributed by atoms with Crippen LogP contribution >= 0.6 is 23.2 Å². The molecule has 0 fully saturated rings. The fraction of sp³-hybridized carbons (Fsp3) is 0.182. The number of halogens is 4. The van der Waals surface area contributed by atoms with Crippen molar-refractivity contribution < 1.29 is 13.5 Å². The third-order valence-corrected chi connectivity index (χ3v) is 5.56. The van der Waals surface area contributed by atoms with E-state index in [4.69, 9.17) is 27.9 Å². The summed E-state index contributed by atoms with van der Waals surface area (Å²) < 4.78 is 34.5. The molecule has 0 spiro atoms. The Labute approximate surface area is 182 Å². The predicted octanol–water partition coefficient (Wildman–Crippen LogP) is 5.78. The highest BCUT2D eigenvalue weighted by Gasteiger charge is 2.30. The lowest BCUT2D eigenvalue weighted by molar-refractivity contribution is 0.269. The summed E-state index contributed by atoms with van der Waals surface area (Å²) in [7, 11) is 0. The van der Waals surface area contributed by atoms with Crippen molar-refractivity contribution in [1.82, 2.24) is 0 Å². The van der Waals surface area contributed by atoms with Crippen LogP contribution in [0.4, 0.5) is 14.5 Å². The second kappa shape index (κ2) is 8.58. The summed E-state index contributed by atoms with van der Waals surface area (Å²) in [5, 5.41) is 0.446. The molecule has 0 saturated carbocycles. The van der Waals surface area contributed by atoms with Gasteiger partial charge in [0.1, 0.15) is 17.5 Å². The summed E-state index contributed by atoms with van der Waals surface area (Å²) in [6, 6.07) is 7.09. The average molecular weight is 448 g/mol. The number of aliphatic imine (C=N–C) groups is 2. The van der Waals surface area contributed by atoms with Crippen molar-refractivity contribution in [2.45, 2.75) is 6.92 Å². The second-order valence-electron chi connectivity index (χ2n) is 6.61. The molecule has 2 aromatic rings. The van der Waals surface area contributed by atoms with Crippen molar-refractivity contribution >= 4 is 40.4 Å². The van der Waals surface area contributed by atoms with E-state index < -0.39 is 11.6 Å². The maximum Gasteiger partial charge on any atom is 0.135 e. The largest absolute Gasteiger partial charge is 0.501 e. The molecule has 0 bridgehead atoms. The topological polar surface area (TPSA) is 37.2 Å². The molecule has 2 aliphatic heterocycles. The van der Waals surface area contributed by atoms with Crippen molar-refractivity contribution in [2.24, 2.45) is 9.98 Å². The fourth-order valence-corrected chi connectivity index (χ4v) is 3.77. The van der Waals surface area contributed by atoms with Gasteiger partial charge in [0.05, 0.1) is 53.0 Å². The summed E-state index contributed by atoms with van der Waals surface area (Å²) in [6.45, 7) is 3.05. The number of benzene rings is 2. The lowest BCUT2D eigenvalue weighted by Crippen LogP contribution is -2.36. The van der Waals surface area contributed by atoms with E-state index in [0.717, 1.165) is 5.57 Å². The van der Waals surface area contributed by atoms with Gasteiger partial charge in [-0.2, -0.15) is 0 Å². The maximum atomic E-state index is 14.6. The van der Waals surface area contributed by atoms with E-state index >= 15 is 0 Å². The van der Waals surface area contributed by atoms with E-state index in [2.05, 4.69) is 9.98 Å². The number of hydrogen-bond donors (Lipinski definition) is 0. The van der Waals surface area contributed by atoms with Crippen molar-refractivity contribution in [1.29, 1.82) is 0 Å².